The van der Waals surface area contributed by atoms with Crippen LogP contribution in [0, 0.1) is 18.9 Å². The Morgan fingerprint density at radius 3 is 2.35 bits per heavy atom. The van der Waals surface area contributed by atoms with Crippen molar-refractivity contribution in [2.24, 2.45) is 0 Å². The van der Waals surface area contributed by atoms with E-state index in [2.05, 4.69) is 17.3 Å². The standard InChI is InChI=1S/C17H16N2O/c1-14-8-10-15(11-9-14)18-17(20)12-13-19(2)16-6-4-3-5-7-16/h3-11H,1-2H3,(H,18,20). The molecular weight excluding hydrogens is 248 g/mol. The van der Waals surface area contributed by atoms with Crippen LogP contribution in [0.2, 0.25) is 0 Å². The molecule has 0 aliphatic heterocycles. The van der Waals surface area contributed by atoms with E-state index in [-0.39, 0.29) is 5.91 Å². The molecule has 0 atom stereocenters. The first-order valence-electron chi connectivity index (χ1n) is 6.33. The van der Waals surface area contributed by atoms with Gasteiger partial charge in [0.1, 0.15) is 0 Å². The van der Waals surface area contributed by atoms with Gasteiger partial charge in [-0.3, -0.25) is 4.79 Å². The highest BCUT2D eigenvalue weighted by Gasteiger charge is 1.99. The fourth-order valence-electron chi connectivity index (χ4n) is 1.65. The maximum atomic E-state index is 11.7. The van der Waals surface area contributed by atoms with Gasteiger partial charge in [0, 0.05) is 30.4 Å². The number of rotatable bonds is 2. The van der Waals surface area contributed by atoms with E-state index >= 15 is 0 Å². The van der Waals surface area contributed by atoms with Gasteiger partial charge >= 0.3 is 5.91 Å². The third kappa shape index (κ3) is 3.89. The van der Waals surface area contributed by atoms with Crippen molar-refractivity contribution < 1.29 is 4.79 Å². The summed E-state index contributed by atoms with van der Waals surface area (Å²) in [6, 6.07) is 20.1. The van der Waals surface area contributed by atoms with Crippen LogP contribution in [-0.2, 0) is 4.79 Å². The summed E-state index contributed by atoms with van der Waals surface area (Å²) in [5, 5.41) is 2.74. The summed E-state index contributed by atoms with van der Waals surface area (Å²) in [4.78, 5) is 13.4. The normalized spacial score (nSPS) is 9.30. The second-order valence-electron chi connectivity index (χ2n) is 4.45. The number of aryl methyl sites for hydroxylation is 1. The highest BCUT2D eigenvalue weighted by molar-refractivity contribution is 6.04. The first-order valence-corrected chi connectivity index (χ1v) is 6.33. The van der Waals surface area contributed by atoms with Crippen LogP contribution in [0.15, 0.2) is 54.6 Å². The fraction of sp³-hybridized carbons (Fsp3) is 0.118. The Hall–Kier alpha value is -2.73. The van der Waals surface area contributed by atoms with E-state index in [4.69, 9.17) is 0 Å². The number of nitrogens with one attached hydrogen (secondary N) is 1. The molecule has 0 saturated heterocycles. The van der Waals surface area contributed by atoms with Crippen molar-refractivity contribution in [3.8, 4) is 12.0 Å². The van der Waals surface area contributed by atoms with E-state index in [1.165, 1.54) is 0 Å². The zero-order valence-corrected chi connectivity index (χ0v) is 11.6. The van der Waals surface area contributed by atoms with Crippen LogP contribution in [0.5, 0.6) is 0 Å². The van der Waals surface area contributed by atoms with Gasteiger partial charge in [-0.05, 0) is 31.2 Å². The summed E-state index contributed by atoms with van der Waals surface area (Å²) < 4.78 is 0. The van der Waals surface area contributed by atoms with Crippen LogP contribution in [0.25, 0.3) is 0 Å². The number of amides is 1. The number of benzene rings is 2. The summed E-state index contributed by atoms with van der Waals surface area (Å²) in [5.41, 5.74) is 2.85. The van der Waals surface area contributed by atoms with E-state index in [0.29, 0.717) is 0 Å². The molecule has 0 radical (unpaired) electrons. The molecular formula is C17H16N2O. The lowest BCUT2D eigenvalue weighted by atomic mass is 10.2. The van der Waals surface area contributed by atoms with Gasteiger partial charge in [0.25, 0.3) is 0 Å². The minimum atomic E-state index is -0.323. The molecule has 2 aromatic carbocycles. The first kappa shape index (κ1) is 13.7. The maximum absolute atomic E-state index is 11.7. The minimum Gasteiger partial charge on any atom is -0.315 e. The van der Waals surface area contributed by atoms with E-state index in [9.17, 15) is 4.79 Å². The van der Waals surface area contributed by atoms with Crippen molar-refractivity contribution in [2.45, 2.75) is 6.92 Å². The minimum absolute atomic E-state index is 0.323. The zero-order valence-electron chi connectivity index (χ0n) is 11.6. The molecule has 0 heterocycles. The van der Waals surface area contributed by atoms with Crippen LogP contribution >= 0.6 is 0 Å². The summed E-state index contributed by atoms with van der Waals surface area (Å²) in [5.74, 6) is 2.25. The summed E-state index contributed by atoms with van der Waals surface area (Å²) >= 11 is 0. The topological polar surface area (TPSA) is 32.3 Å². The maximum Gasteiger partial charge on any atom is 0.302 e. The lowest BCUT2D eigenvalue weighted by Crippen LogP contribution is -2.13. The van der Waals surface area contributed by atoms with Gasteiger partial charge in [0.15, 0.2) is 0 Å². The van der Waals surface area contributed by atoms with Gasteiger partial charge in [-0.1, -0.05) is 35.9 Å². The van der Waals surface area contributed by atoms with E-state index in [1.807, 2.05) is 68.6 Å². The molecule has 0 saturated carbocycles. The number of carbonyl (C=O) groups excluding carboxylic acids is 1. The van der Waals surface area contributed by atoms with Crippen molar-refractivity contribution in [1.82, 2.24) is 0 Å². The van der Waals surface area contributed by atoms with Gasteiger partial charge in [0.2, 0.25) is 0 Å². The van der Waals surface area contributed by atoms with E-state index < -0.39 is 0 Å². The Bertz CT molecular complexity index is 636. The van der Waals surface area contributed by atoms with Gasteiger partial charge in [-0.2, -0.15) is 0 Å². The summed E-state index contributed by atoms with van der Waals surface area (Å²) in [7, 11) is 1.82. The molecule has 0 aliphatic rings. The van der Waals surface area contributed by atoms with Crippen LogP contribution < -0.4 is 10.2 Å². The summed E-state index contributed by atoms with van der Waals surface area (Å²) in [6.45, 7) is 2.00. The van der Waals surface area contributed by atoms with Crippen molar-refractivity contribution in [3.63, 3.8) is 0 Å². The smallest absolute Gasteiger partial charge is 0.302 e. The molecule has 0 unspecified atom stereocenters. The van der Waals surface area contributed by atoms with E-state index in [1.54, 1.807) is 4.90 Å². The number of nitrogens with zero attached hydrogens (tertiary/aromatic N) is 1. The Kier molecular flexibility index (Phi) is 4.41. The Balaban J connectivity index is 1.98. The predicted molar refractivity (Wildman–Crippen MR) is 82.4 cm³/mol. The van der Waals surface area contributed by atoms with Crippen molar-refractivity contribution in [2.75, 3.05) is 17.3 Å². The van der Waals surface area contributed by atoms with Crippen molar-refractivity contribution in [3.05, 3.63) is 60.2 Å². The molecule has 3 heteroatoms. The Morgan fingerprint density at radius 1 is 1.05 bits per heavy atom. The third-order valence-electron chi connectivity index (χ3n) is 2.79. The molecule has 1 N–H and O–H groups in total. The van der Waals surface area contributed by atoms with Crippen LogP contribution in [0.3, 0.4) is 0 Å². The largest absolute Gasteiger partial charge is 0.315 e. The predicted octanol–water partition coefficient (Wildman–Crippen LogP) is 3.03. The Morgan fingerprint density at radius 2 is 1.70 bits per heavy atom. The van der Waals surface area contributed by atoms with Crippen molar-refractivity contribution >= 4 is 17.3 Å². The molecule has 1 amide bonds. The molecule has 0 aromatic heterocycles. The second kappa shape index (κ2) is 6.44. The molecule has 2 aromatic rings. The molecule has 0 aliphatic carbocycles. The van der Waals surface area contributed by atoms with Crippen LogP contribution in [0.1, 0.15) is 5.56 Å². The van der Waals surface area contributed by atoms with E-state index in [0.717, 1.165) is 16.9 Å². The van der Waals surface area contributed by atoms with Crippen molar-refractivity contribution in [1.29, 1.82) is 0 Å². The zero-order chi connectivity index (χ0) is 14.4. The lowest BCUT2D eigenvalue weighted by Gasteiger charge is -2.09. The van der Waals surface area contributed by atoms with Crippen LogP contribution in [0.4, 0.5) is 11.4 Å². The molecule has 2 rings (SSSR count). The molecule has 100 valence electrons. The fourth-order valence-corrected chi connectivity index (χ4v) is 1.65. The number of carbonyl (C=O) groups is 1. The monoisotopic (exact) mass is 264 g/mol. The first-order chi connectivity index (χ1) is 9.65. The SMILES string of the molecule is Cc1ccc(NC(=O)C#CN(C)c2ccccc2)cc1. The number of para-hydroxylation sites is 1. The number of hydrogen-bond acceptors (Lipinski definition) is 2. The van der Waals surface area contributed by atoms with Crippen LogP contribution in [-0.4, -0.2) is 13.0 Å². The second-order valence-corrected chi connectivity index (χ2v) is 4.45. The van der Waals surface area contributed by atoms with Gasteiger partial charge in [-0.15, -0.1) is 0 Å². The third-order valence-corrected chi connectivity index (χ3v) is 2.79. The highest BCUT2D eigenvalue weighted by Crippen LogP contribution is 2.10. The molecule has 3 nitrogen and oxygen atoms in total. The van der Waals surface area contributed by atoms with Gasteiger partial charge < -0.3 is 10.2 Å². The quantitative estimate of drug-likeness (QED) is 0.668. The molecule has 0 bridgehead atoms. The number of hydrogen-bond donors (Lipinski definition) is 1. The highest BCUT2D eigenvalue weighted by atomic mass is 16.1. The van der Waals surface area contributed by atoms with Gasteiger partial charge in [0.05, 0.1) is 0 Å². The average molecular weight is 264 g/mol. The molecule has 20 heavy (non-hydrogen) atoms. The molecule has 0 fully saturated rings. The van der Waals surface area contributed by atoms with Gasteiger partial charge in [-0.25, -0.2) is 0 Å². The average Bonchev–Trinajstić information content (AvgIpc) is 2.48. The lowest BCUT2D eigenvalue weighted by molar-refractivity contribution is -0.111. The molecule has 0 spiro atoms. The Labute approximate surface area is 119 Å². The number of anilines is 2. The summed E-state index contributed by atoms with van der Waals surface area (Å²) in [6.07, 6.45) is 0.